The Labute approximate surface area is 173 Å². The lowest BCUT2D eigenvalue weighted by molar-refractivity contribution is -0.140. The van der Waals surface area contributed by atoms with Crippen LogP contribution in [0.1, 0.15) is 21.9 Å². The van der Waals surface area contributed by atoms with Crippen LogP contribution in [0.2, 0.25) is 0 Å². The van der Waals surface area contributed by atoms with Gasteiger partial charge in [-0.2, -0.15) is 13.2 Å². The van der Waals surface area contributed by atoms with Crippen LogP contribution >= 0.6 is 0 Å². The van der Waals surface area contributed by atoms with Crippen LogP contribution < -0.4 is 16.4 Å². The van der Waals surface area contributed by atoms with Crippen LogP contribution in [0.25, 0.3) is 5.65 Å². The van der Waals surface area contributed by atoms with Gasteiger partial charge in [0, 0.05) is 30.5 Å². The lowest BCUT2D eigenvalue weighted by Crippen LogP contribution is -2.15. The number of aromatic nitrogens is 5. The molecule has 0 aliphatic carbocycles. The fourth-order valence-corrected chi connectivity index (χ4v) is 2.75. The van der Waals surface area contributed by atoms with Gasteiger partial charge >= 0.3 is 6.18 Å². The van der Waals surface area contributed by atoms with Crippen LogP contribution in [-0.2, 0) is 12.7 Å². The molecule has 0 saturated heterocycles. The Balaban J connectivity index is 1.47. The lowest BCUT2D eigenvalue weighted by atomic mass is 10.3. The first-order chi connectivity index (χ1) is 14.8. The molecule has 0 atom stereocenters. The molecule has 0 aliphatic heterocycles. The molecular weight excluding hydrogens is 413 g/mol. The fourth-order valence-electron chi connectivity index (χ4n) is 2.75. The second-order valence-electron chi connectivity index (χ2n) is 6.44. The zero-order valence-corrected chi connectivity index (χ0v) is 15.8. The number of hydrogen-bond donors (Lipinski definition) is 3. The number of nitrogens with zero attached hydrogens (tertiary/aromatic N) is 5. The van der Waals surface area contributed by atoms with Gasteiger partial charge in [-0.3, -0.25) is 9.78 Å². The van der Waals surface area contributed by atoms with Gasteiger partial charge in [-0.15, -0.1) is 0 Å². The minimum Gasteiger partial charge on any atom is -0.382 e. The Bertz CT molecular complexity index is 1250. The van der Waals surface area contributed by atoms with E-state index in [1.165, 1.54) is 12.4 Å². The van der Waals surface area contributed by atoms with Gasteiger partial charge in [-0.1, -0.05) is 0 Å². The zero-order valence-electron chi connectivity index (χ0n) is 15.8. The number of fused-ring (bicyclic) bond motifs is 1. The normalized spacial score (nSPS) is 11.5. The first kappa shape index (κ1) is 20.1. The summed E-state index contributed by atoms with van der Waals surface area (Å²) in [5, 5.41) is 5.75. The predicted octanol–water partition coefficient (Wildman–Crippen LogP) is 2.98. The summed E-state index contributed by atoms with van der Waals surface area (Å²) in [5.74, 6) is -0.243. The quantitative estimate of drug-likeness (QED) is 0.447. The number of carbonyl (C=O) groups is 1. The van der Waals surface area contributed by atoms with E-state index in [-0.39, 0.29) is 11.3 Å². The van der Waals surface area contributed by atoms with E-state index in [1.54, 1.807) is 30.5 Å². The summed E-state index contributed by atoms with van der Waals surface area (Å²) in [4.78, 5) is 28.0. The molecule has 0 aliphatic rings. The van der Waals surface area contributed by atoms with E-state index >= 15 is 0 Å². The number of amides is 1. The van der Waals surface area contributed by atoms with Gasteiger partial charge in [0.05, 0.1) is 24.1 Å². The van der Waals surface area contributed by atoms with Gasteiger partial charge in [0.2, 0.25) is 0 Å². The van der Waals surface area contributed by atoms with Gasteiger partial charge in [-0.25, -0.2) is 15.0 Å². The largest absolute Gasteiger partial charge is 0.434 e. The number of alkyl halides is 3. The number of carbonyl (C=O) groups excluding carboxylic acids is 1. The second-order valence-corrected chi connectivity index (χ2v) is 6.44. The molecule has 0 fully saturated rings. The lowest BCUT2D eigenvalue weighted by Gasteiger charge is -2.09. The van der Waals surface area contributed by atoms with Crippen molar-refractivity contribution in [3.8, 4) is 0 Å². The highest BCUT2D eigenvalue weighted by Gasteiger charge is 2.34. The number of imidazole rings is 1. The van der Waals surface area contributed by atoms with Crippen LogP contribution in [0.5, 0.6) is 0 Å². The molecule has 0 bridgehead atoms. The number of anilines is 3. The van der Waals surface area contributed by atoms with Crippen molar-refractivity contribution >= 4 is 28.7 Å². The molecule has 4 N–H and O–H groups in total. The van der Waals surface area contributed by atoms with Gasteiger partial charge < -0.3 is 20.8 Å². The summed E-state index contributed by atoms with van der Waals surface area (Å²) < 4.78 is 39.5. The number of halogens is 3. The molecular formula is C19H15F3N8O. The maximum Gasteiger partial charge on any atom is 0.434 e. The Morgan fingerprint density at radius 3 is 2.74 bits per heavy atom. The molecule has 12 heteroatoms. The Hall–Kier alpha value is -4.22. The first-order valence-corrected chi connectivity index (χ1v) is 8.92. The molecule has 0 spiro atoms. The summed E-state index contributed by atoms with van der Waals surface area (Å²) in [5.41, 5.74) is 6.34. The van der Waals surface area contributed by atoms with Crippen LogP contribution in [0.15, 0.2) is 55.2 Å². The van der Waals surface area contributed by atoms with Crippen molar-refractivity contribution in [3.05, 3.63) is 72.3 Å². The van der Waals surface area contributed by atoms with Crippen molar-refractivity contribution in [1.82, 2.24) is 24.3 Å². The maximum absolute atomic E-state index is 12.8. The summed E-state index contributed by atoms with van der Waals surface area (Å²) in [6, 6.07) is 6.74. The molecule has 9 nitrogen and oxygen atoms in total. The van der Waals surface area contributed by atoms with E-state index in [0.29, 0.717) is 29.4 Å². The number of nitrogen functional groups attached to an aromatic ring is 1. The number of pyridine rings is 2. The number of hydrogen-bond acceptors (Lipinski definition) is 7. The van der Waals surface area contributed by atoms with E-state index in [2.05, 4.69) is 30.6 Å². The monoisotopic (exact) mass is 428 g/mol. The van der Waals surface area contributed by atoms with Crippen LogP contribution in [0.3, 0.4) is 0 Å². The molecule has 4 heterocycles. The van der Waals surface area contributed by atoms with Gasteiger partial charge in [0.25, 0.3) is 5.91 Å². The van der Waals surface area contributed by atoms with Crippen molar-refractivity contribution in [3.63, 3.8) is 0 Å². The van der Waals surface area contributed by atoms with Crippen molar-refractivity contribution in [2.24, 2.45) is 0 Å². The molecule has 31 heavy (non-hydrogen) atoms. The van der Waals surface area contributed by atoms with Gasteiger partial charge in [0.15, 0.2) is 11.3 Å². The first-order valence-electron chi connectivity index (χ1n) is 8.92. The van der Waals surface area contributed by atoms with Gasteiger partial charge in [0.1, 0.15) is 11.5 Å². The van der Waals surface area contributed by atoms with Crippen molar-refractivity contribution in [1.29, 1.82) is 0 Å². The van der Waals surface area contributed by atoms with Crippen LogP contribution in [0.4, 0.5) is 30.4 Å². The van der Waals surface area contributed by atoms with E-state index in [9.17, 15) is 18.0 Å². The highest BCUT2D eigenvalue weighted by atomic mass is 19.4. The summed E-state index contributed by atoms with van der Waals surface area (Å²) in [6.07, 6.45) is 1.59. The van der Waals surface area contributed by atoms with Crippen molar-refractivity contribution in [2.75, 3.05) is 16.4 Å². The number of nitrogens with two attached hydrogens (primary N) is 1. The highest BCUT2D eigenvalue weighted by molar-refractivity contribution is 6.02. The molecule has 158 valence electrons. The highest BCUT2D eigenvalue weighted by Crippen LogP contribution is 2.28. The molecule has 4 aromatic rings. The number of rotatable bonds is 5. The Kier molecular flexibility index (Phi) is 5.11. The number of nitrogens with one attached hydrogen (secondary N) is 2. The zero-order chi connectivity index (χ0) is 22.0. The minimum absolute atomic E-state index is 0.0178. The van der Waals surface area contributed by atoms with Crippen LogP contribution in [0, 0.1) is 0 Å². The SMILES string of the molecule is Nc1ncccc1NCc1cc(NC(=O)c2cn3cc(C(F)(F)F)nc3cn2)ccn1. The van der Waals surface area contributed by atoms with E-state index in [0.717, 1.165) is 16.8 Å². The third-order valence-corrected chi connectivity index (χ3v) is 4.24. The molecule has 0 unspecified atom stereocenters. The smallest absolute Gasteiger partial charge is 0.382 e. The van der Waals surface area contributed by atoms with Gasteiger partial charge in [-0.05, 0) is 24.3 Å². The van der Waals surface area contributed by atoms with E-state index in [4.69, 9.17) is 5.73 Å². The molecule has 4 aromatic heterocycles. The average Bonchev–Trinajstić information content (AvgIpc) is 3.17. The summed E-state index contributed by atoms with van der Waals surface area (Å²) in [6.45, 7) is 0.332. The third kappa shape index (κ3) is 4.52. The third-order valence-electron chi connectivity index (χ3n) is 4.24. The van der Waals surface area contributed by atoms with Crippen LogP contribution in [-0.4, -0.2) is 30.2 Å². The Morgan fingerprint density at radius 2 is 1.97 bits per heavy atom. The second kappa shape index (κ2) is 7.89. The molecule has 0 radical (unpaired) electrons. The molecule has 0 saturated carbocycles. The van der Waals surface area contributed by atoms with E-state index in [1.807, 2.05) is 0 Å². The standard InChI is InChI=1S/C19H15F3N8O/c20-19(21,22)15-10-30-9-14(27-8-16(30)29-15)18(31)28-11-3-5-24-12(6-11)7-26-13-2-1-4-25-17(13)23/h1-6,8-10,26H,7H2,(H2,23,25)(H,24,28,31). The molecule has 1 amide bonds. The topological polar surface area (TPSA) is 123 Å². The van der Waals surface area contributed by atoms with Crippen molar-refractivity contribution < 1.29 is 18.0 Å². The van der Waals surface area contributed by atoms with E-state index < -0.39 is 17.8 Å². The minimum atomic E-state index is -4.59. The maximum atomic E-state index is 12.8. The summed E-state index contributed by atoms with van der Waals surface area (Å²) >= 11 is 0. The molecule has 0 aromatic carbocycles. The molecule has 4 rings (SSSR count). The fraction of sp³-hybridized carbons (Fsp3) is 0.105. The van der Waals surface area contributed by atoms with Crippen molar-refractivity contribution in [2.45, 2.75) is 12.7 Å². The average molecular weight is 428 g/mol. The Morgan fingerprint density at radius 1 is 1.13 bits per heavy atom. The predicted molar refractivity (Wildman–Crippen MR) is 106 cm³/mol. The summed E-state index contributed by atoms with van der Waals surface area (Å²) in [7, 11) is 0.